The Labute approximate surface area is 186 Å². The molecule has 0 unspecified atom stereocenters. The molecule has 1 amide bonds. The summed E-state index contributed by atoms with van der Waals surface area (Å²) < 4.78 is 1.90. The average Bonchev–Trinajstić information content (AvgIpc) is 3.09. The van der Waals surface area contributed by atoms with E-state index in [0.717, 1.165) is 14.8 Å². The number of fused-ring (bicyclic) bond motifs is 1. The van der Waals surface area contributed by atoms with Crippen LogP contribution >= 0.6 is 15.9 Å². The number of Topliss-reactive ketones (excluding diaryl/α,β-unsaturated/α-hetero) is 1. The molecule has 0 radical (unpaired) electrons. The molecule has 0 fully saturated rings. The first kappa shape index (κ1) is 20.6. The lowest BCUT2D eigenvalue weighted by molar-refractivity contribution is -0.111. The van der Waals surface area contributed by atoms with Crippen molar-refractivity contribution in [2.24, 2.45) is 0 Å². The van der Waals surface area contributed by atoms with Gasteiger partial charge in [-0.3, -0.25) is 9.59 Å². The maximum Gasteiger partial charge on any atom is 0.248 e. The van der Waals surface area contributed by atoms with Crippen molar-refractivity contribution in [3.05, 3.63) is 88.4 Å². The van der Waals surface area contributed by atoms with Gasteiger partial charge in [0.25, 0.3) is 0 Å². The molecule has 31 heavy (non-hydrogen) atoms. The second-order valence-corrected chi connectivity index (χ2v) is 7.87. The van der Waals surface area contributed by atoms with Gasteiger partial charge in [-0.25, -0.2) is 4.98 Å². The second kappa shape index (κ2) is 8.57. The van der Waals surface area contributed by atoms with E-state index in [1.54, 1.807) is 60.7 Å². The molecule has 0 saturated carbocycles. The van der Waals surface area contributed by atoms with Gasteiger partial charge in [0, 0.05) is 27.4 Å². The molecule has 0 aliphatic heterocycles. The van der Waals surface area contributed by atoms with Gasteiger partial charge in [0.1, 0.15) is 5.52 Å². The first-order chi connectivity index (χ1) is 14.9. The van der Waals surface area contributed by atoms with Crippen LogP contribution in [0.1, 0.15) is 22.8 Å². The summed E-state index contributed by atoms with van der Waals surface area (Å²) in [6.45, 7) is 1.51. The molecule has 3 aromatic carbocycles. The van der Waals surface area contributed by atoms with Crippen molar-refractivity contribution in [2.45, 2.75) is 6.92 Å². The maximum atomic E-state index is 12.2. The number of imidazole rings is 1. The number of aromatic nitrogens is 2. The molecular weight excluding hydrogens is 458 g/mol. The van der Waals surface area contributed by atoms with Crippen LogP contribution in [0.3, 0.4) is 0 Å². The van der Waals surface area contributed by atoms with Crippen molar-refractivity contribution in [3.8, 4) is 11.4 Å². The third-order valence-electron chi connectivity index (χ3n) is 4.75. The van der Waals surface area contributed by atoms with Crippen LogP contribution < -0.4 is 5.32 Å². The number of nitrogens with zero attached hydrogens (tertiary/aromatic N) is 2. The van der Waals surface area contributed by atoms with Crippen LogP contribution in [0.15, 0.2) is 77.3 Å². The molecule has 154 valence electrons. The summed E-state index contributed by atoms with van der Waals surface area (Å²) in [4.78, 5) is 28.0. The fourth-order valence-electron chi connectivity index (χ4n) is 3.11. The molecule has 6 nitrogen and oxygen atoms in total. The molecular formula is C24H18BrN3O3. The van der Waals surface area contributed by atoms with E-state index in [0.29, 0.717) is 33.7 Å². The molecule has 0 saturated heterocycles. The molecule has 4 aromatic rings. The van der Waals surface area contributed by atoms with Crippen molar-refractivity contribution < 1.29 is 14.8 Å². The number of anilines is 1. The monoisotopic (exact) mass is 475 g/mol. The van der Waals surface area contributed by atoms with E-state index >= 15 is 0 Å². The lowest BCUT2D eigenvalue weighted by atomic mass is 10.1. The Balaban J connectivity index is 1.45. The summed E-state index contributed by atoms with van der Waals surface area (Å²) in [6.07, 6.45) is 3.11. The van der Waals surface area contributed by atoms with Gasteiger partial charge in [-0.1, -0.05) is 40.2 Å². The molecule has 4 rings (SSSR count). The predicted molar refractivity (Wildman–Crippen MR) is 124 cm³/mol. The van der Waals surface area contributed by atoms with Crippen molar-refractivity contribution in [2.75, 3.05) is 5.32 Å². The van der Waals surface area contributed by atoms with Gasteiger partial charge in [0.15, 0.2) is 11.6 Å². The summed E-state index contributed by atoms with van der Waals surface area (Å²) in [7, 11) is 0. The van der Waals surface area contributed by atoms with Crippen LogP contribution in [0, 0.1) is 0 Å². The Morgan fingerprint density at radius 3 is 2.42 bits per heavy atom. The summed E-state index contributed by atoms with van der Waals surface area (Å²) in [6, 6.07) is 19.6. The summed E-state index contributed by atoms with van der Waals surface area (Å²) in [5, 5.41) is 13.2. The molecule has 2 N–H and O–H groups in total. The van der Waals surface area contributed by atoms with Gasteiger partial charge in [-0.05, 0) is 61.0 Å². The van der Waals surface area contributed by atoms with Gasteiger partial charge in [-0.2, -0.15) is 4.73 Å². The Morgan fingerprint density at radius 1 is 1.03 bits per heavy atom. The third-order valence-corrected chi connectivity index (χ3v) is 5.24. The number of amides is 1. The van der Waals surface area contributed by atoms with Gasteiger partial charge in [0.2, 0.25) is 5.91 Å². The van der Waals surface area contributed by atoms with Crippen LogP contribution in [0.25, 0.3) is 28.5 Å². The topological polar surface area (TPSA) is 84.2 Å². The highest BCUT2D eigenvalue weighted by Gasteiger charge is 2.12. The van der Waals surface area contributed by atoms with Gasteiger partial charge in [-0.15, -0.1) is 0 Å². The van der Waals surface area contributed by atoms with E-state index in [1.807, 2.05) is 12.1 Å². The van der Waals surface area contributed by atoms with Gasteiger partial charge >= 0.3 is 0 Å². The number of carbonyl (C=O) groups is 2. The molecule has 1 heterocycles. The SMILES string of the molecule is CC(=O)c1ccc(C=CC(=O)Nc2ccc(-c3nc4ccc(Br)cc4n3O)cc2)cc1. The summed E-state index contributed by atoms with van der Waals surface area (Å²) >= 11 is 3.39. The number of carbonyl (C=O) groups excluding carboxylic acids is 2. The molecule has 0 aliphatic carbocycles. The minimum Gasteiger partial charge on any atom is -0.426 e. The van der Waals surface area contributed by atoms with Crippen molar-refractivity contribution in [1.29, 1.82) is 0 Å². The highest BCUT2D eigenvalue weighted by molar-refractivity contribution is 9.10. The third kappa shape index (κ3) is 4.57. The molecule has 0 spiro atoms. The lowest BCUT2D eigenvalue weighted by Crippen LogP contribution is -2.07. The highest BCUT2D eigenvalue weighted by atomic mass is 79.9. The zero-order valence-electron chi connectivity index (χ0n) is 16.5. The maximum absolute atomic E-state index is 12.2. The molecule has 1 aromatic heterocycles. The normalized spacial score (nSPS) is 11.2. The smallest absolute Gasteiger partial charge is 0.248 e. The van der Waals surface area contributed by atoms with E-state index in [1.165, 1.54) is 13.0 Å². The molecule has 7 heteroatoms. The van der Waals surface area contributed by atoms with Crippen molar-refractivity contribution in [1.82, 2.24) is 9.71 Å². The van der Waals surface area contributed by atoms with E-state index in [9.17, 15) is 14.8 Å². The van der Waals surface area contributed by atoms with E-state index in [-0.39, 0.29) is 11.7 Å². The largest absolute Gasteiger partial charge is 0.426 e. The summed E-state index contributed by atoms with van der Waals surface area (Å²) in [5.41, 5.74) is 4.07. The molecule has 0 atom stereocenters. The number of hydrogen-bond acceptors (Lipinski definition) is 4. The molecule has 0 bridgehead atoms. The Hall–Kier alpha value is -3.71. The fraction of sp³-hybridized carbons (Fsp3) is 0.0417. The highest BCUT2D eigenvalue weighted by Crippen LogP contribution is 2.26. The van der Waals surface area contributed by atoms with E-state index in [2.05, 4.69) is 26.2 Å². The minimum absolute atomic E-state index is 0.00126. The van der Waals surface area contributed by atoms with Crippen LogP contribution in [-0.4, -0.2) is 26.6 Å². The standard InChI is InChI=1S/C24H18BrN3O3/c1-15(29)17-5-2-16(3-6-17)4-13-23(30)26-20-10-7-18(8-11-20)24-27-21-12-9-19(25)14-22(21)28(24)31/h2-14,31H,1H3,(H,26,30). The number of ketones is 1. The Bertz CT molecular complexity index is 1310. The number of nitrogens with one attached hydrogen (secondary N) is 1. The predicted octanol–water partition coefficient (Wildman–Crippen LogP) is 5.56. The van der Waals surface area contributed by atoms with Gasteiger partial charge < -0.3 is 10.5 Å². The second-order valence-electron chi connectivity index (χ2n) is 6.96. The zero-order valence-corrected chi connectivity index (χ0v) is 18.1. The first-order valence-corrected chi connectivity index (χ1v) is 10.3. The number of hydrogen-bond donors (Lipinski definition) is 2. The molecule has 0 aliphatic rings. The van der Waals surface area contributed by atoms with Crippen LogP contribution in [0.4, 0.5) is 5.69 Å². The van der Waals surface area contributed by atoms with Crippen molar-refractivity contribution in [3.63, 3.8) is 0 Å². The lowest BCUT2D eigenvalue weighted by Gasteiger charge is -2.05. The van der Waals surface area contributed by atoms with E-state index in [4.69, 9.17) is 0 Å². The van der Waals surface area contributed by atoms with Crippen LogP contribution in [-0.2, 0) is 4.79 Å². The quantitative estimate of drug-likeness (QED) is 0.225. The number of halogens is 1. The Morgan fingerprint density at radius 2 is 1.74 bits per heavy atom. The number of benzene rings is 3. The minimum atomic E-state index is -0.275. The summed E-state index contributed by atoms with van der Waals surface area (Å²) in [5.74, 6) is 0.142. The average molecular weight is 476 g/mol. The number of rotatable bonds is 5. The van der Waals surface area contributed by atoms with Gasteiger partial charge in [0.05, 0.1) is 5.52 Å². The zero-order chi connectivity index (χ0) is 22.0. The van der Waals surface area contributed by atoms with Crippen LogP contribution in [0.5, 0.6) is 0 Å². The van der Waals surface area contributed by atoms with E-state index < -0.39 is 0 Å². The fourth-order valence-corrected chi connectivity index (χ4v) is 3.46. The van der Waals surface area contributed by atoms with Crippen LogP contribution in [0.2, 0.25) is 0 Å². The Kier molecular flexibility index (Phi) is 5.68. The first-order valence-electron chi connectivity index (χ1n) is 9.48. The van der Waals surface area contributed by atoms with Crippen molar-refractivity contribution >= 4 is 50.4 Å².